The quantitative estimate of drug-likeness (QED) is 0.669. The van der Waals surface area contributed by atoms with Gasteiger partial charge in [-0.2, -0.15) is 0 Å². The lowest BCUT2D eigenvalue weighted by molar-refractivity contribution is -0.139. The van der Waals surface area contributed by atoms with Crippen molar-refractivity contribution in [2.24, 2.45) is 0 Å². The molecule has 0 aliphatic carbocycles. The molecule has 84 valence electrons. The van der Waals surface area contributed by atoms with E-state index in [0.717, 1.165) is 0 Å². The largest absolute Gasteiger partial charge is 0.481 e. The molecule has 0 aromatic heterocycles. The first-order valence-corrected chi connectivity index (χ1v) is 4.78. The van der Waals surface area contributed by atoms with Gasteiger partial charge in [0, 0.05) is 0 Å². The molecule has 0 aliphatic rings. The minimum atomic E-state index is -0.839. The molecule has 0 bridgehead atoms. The Morgan fingerprint density at radius 3 is 2.43 bits per heavy atom. The molecule has 0 aliphatic heterocycles. The van der Waals surface area contributed by atoms with Gasteiger partial charge in [-0.15, -0.1) is 0 Å². The lowest BCUT2D eigenvalue weighted by Crippen LogP contribution is -2.28. The SMILES string of the molecule is CC(COCCC(=O)O)OC(C)(C)C. The Morgan fingerprint density at radius 1 is 1.43 bits per heavy atom. The zero-order valence-electron chi connectivity index (χ0n) is 9.37. The smallest absolute Gasteiger partial charge is 0.305 e. The van der Waals surface area contributed by atoms with E-state index in [1.54, 1.807) is 0 Å². The highest BCUT2D eigenvalue weighted by Crippen LogP contribution is 2.10. The van der Waals surface area contributed by atoms with E-state index in [1.807, 2.05) is 27.7 Å². The summed E-state index contributed by atoms with van der Waals surface area (Å²) in [4.78, 5) is 10.2. The van der Waals surface area contributed by atoms with Gasteiger partial charge in [0.15, 0.2) is 0 Å². The Kier molecular flexibility index (Phi) is 5.72. The van der Waals surface area contributed by atoms with E-state index in [4.69, 9.17) is 14.6 Å². The Labute approximate surface area is 85.2 Å². The molecule has 4 heteroatoms. The lowest BCUT2D eigenvalue weighted by atomic mass is 10.2. The Bertz CT molecular complexity index is 171. The maximum Gasteiger partial charge on any atom is 0.305 e. The highest BCUT2D eigenvalue weighted by Gasteiger charge is 2.14. The first kappa shape index (κ1) is 13.4. The first-order valence-electron chi connectivity index (χ1n) is 4.78. The van der Waals surface area contributed by atoms with Gasteiger partial charge in [-0.1, -0.05) is 0 Å². The van der Waals surface area contributed by atoms with Gasteiger partial charge >= 0.3 is 5.97 Å². The topological polar surface area (TPSA) is 55.8 Å². The molecule has 0 rings (SSSR count). The number of rotatable bonds is 6. The Morgan fingerprint density at radius 2 is 2.00 bits per heavy atom. The average Bonchev–Trinajstić information content (AvgIpc) is 1.94. The molecule has 1 N–H and O–H groups in total. The molecule has 1 atom stereocenters. The van der Waals surface area contributed by atoms with Crippen LogP contribution in [0.1, 0.15) is 34.1 Å². The number of hydrogen-bond donors (Lipinski definition) is 1. The highest BCUT2D eigenvalue weighted by molar-refractivity contribution is 5.66. The molecule has 0 radical (unpaired) electrons. The second-order valence-corrected chi connectivity index (χ2v) is 4.26. The molecule has 14 heavy (non-hydrogen) atoms. The van der Waals surface area contributed by atoms with Crippen LogP contribution in [0.2, 0.25) is 0 Å². The molecule has 0 amide bonds. The van der Waals surface area contributed by atoms with Gasteiger partial charge in [-0.25, -0.2) is 0 Å². The van der Waals surface area contributed by atoms with Gasteiger partial charge in [0.05, 0.1) is 31.3 Å². The van der Waals surface area contributed by atoms with Crippen LogP contribution in [0.25, 0.3) is 0 Å². The number of carboxylic acids is 1. The van der Waals surface area contributed by atoms with Crippen LogP contribution in [-0.4, -0.2) is 36.0 Å². The van der Waals surface area contributed by atoms with E-state index >= 15 is 0 Å². The van der Waals surface area contributed by atoms with E-state index in [0.29, 0.717) is 6.61 Å². The number of hydrogen-bond acceptors (Lipinski definition) is 3. The third-order valence-corrected chi connectivity index (χ3v) is 1.37. The van der Waals surface area contributed by atoms with E-state index < -0.39 is 5.97 Å². The molecule has 0 saturated carbocycles. The summed E-state index contributed by atoms with van der Waals surface area (Å²) < 4.78 is 10.7. The van der Waals surface area contributed by atoms with Crippen molar-refractivity contribution in [3.05, 3.63) is 0 Å². The Hall–Kier alpha value is -0.610. The first-order chi connectivity index (χ1) is 6.31. The van der Waals surface area contributed by atoms with E-state index in [2.05, 4.69) is 0 Å². The molecule has 0 heterocycles. The number of carbonyl (C=O) groups is 1. The fraction of sp³-hybridized carbons (Fsp3) is 0.900. The third kappa shape index (κ3) is 9.48. The fourth-order valence-electron chi connectivity index (χ4n) is 1.05. The summed E-state index contributed by atoms with van der Waals surface area (Å²) in [6, 6.07) is 0. The average molecular weight is 204 g/mol. The van der Waals surface area contributed by atoms with Crippen LogP contribution in [0.3, 0.4) is 0 Å². The van der Waals surface area contributed by atoms with Crippen LogP contribution in [0.4, 0.5) is 0 Å². The van der Waals surface area contributed by atoms with Crippen LogP contribution < -0.4 is 0 Å². The van der Waals surface area contributed by atoms with Gasteiger partial charge in [0.1, 0.15) is 0 Å². The van der Waals surface area contributed by atoms with Crippen molar-refractivity contribution >= 4 is 5.97 Å². The zero-order valence-corrected chi connectivity index (χ0v) is 9.37. The van der Waals surface area contributed by atoms with Crippen LogP contribution in [0, 0.1) is 0 Å². The summed E-state index contributed by atoms with van der Waals surface area (Å²) in [6.45, 7) is 8.51. The van der Waals surface area contributed by atoms with Crippen molar-refractivity contribution in [1.82, 2.24) is 0 Å². The third-order valence-electron chi connectivity index (χ3n) is 1.37. The monoisotopic (exact) mass is 204 g/mol. The Balaban J connectivity index is 3.45. The van der Waals surface area contributed by atoms with Crippen molar-refractivity contribution in [2.45, 2.75) is 45.8 Å². The van der Waals surface area contributed by atoms with E-state index in [9.17, 15) is 4.79 Å². The normalized spacial score (nSPS) is 14.0. The fourth-order valence-corrected chi connectivity index (χ4v) is 1.05. The lowest BCUT2D eigenvalue weighted by Gasteiger charge is -2.24. The molecule has 0 aromatic carbocycles. The molecule has 0 spiro atoms. The van der Waals surface area contributed by atoms with Crippen LogP contribution in [0.5, 0.6) is 0 Å². The molecule has 0 aromatic rings. The van der Waals surface area contributed by atoms with E-state index in [1.165, 1.54) is 0 Å². The van der Waals surface area contributed by atoms with Crippen molar-refractivity contribution in [3.8, 4) is 0 Å². The second kappa shape index (κ2) is 5.98. The summed E-state index contributed by atoms with van der Waals surface area (Å²) in [7, 11) is 0. The predicted octanol–water partition coefficient (Wildman–Crippen LogP) is 1.68. The van der Waals surface area contributed by atoms with E-state index in [-0.39, 0.29) is 24.7 Å². The van der Waals surface area contributed by atoms with Crippen molar-refractivity contribution in [2.75, 3.05) is 13.2 Å². The number of aliphatic carboxylic acids is 1. The van der Waals surface area contributed by atoms with Gasteiger partial charge in [0.2, 0.25) is 0 Å². The maximum atomic E-state index is 10.2. The summed E-state index contributed by atoms with van der Waals surface area (Å²) in [5, 5.41) is 8.35. The highest BCUT2D eigenvalue weighted by atomic mass is 16.5. The van der Waals surface area contributed by atoms with Crippen LogP contribution >= 0.6 is 0 Å². The van der Waals surface area contributed by atoms with Crippen molar-refractivity contribution in [1.29, 1.82) is 0 Å². The molecular formula is C10H20O4. The standard InChI is InChI=1S/C10H20O4/c1-8(14-10(2,3)4)7-13-6-5-9(11)12/h8H,5-7H2,1-4H3,(H,11,12). The minimum Gasteiger partial charge on any atom is -0.481 e. The van der Waals surface area contributed by atoms with Crippen LogP contribution in [0.15, 0.2) is 0 Å². The molecule has 0 fully saturated rings. The van der Waals surface area contributed by atoms with Crippen LogP contribution in [-0.2, 0) is 14.3 Å². The number of ether oxygens (including phenoxy) is 2. The maximum absolute atomic E-state index is 10.2. The minimum absolute atomic E-state index is 0.0104. The molecule has 4 nitrogen and oxygen atoms in total. The summed E-state index contributed by atoms with van der Waals surface area (Å²) in [5.74, 6) is -0.839. The second-order valence-electron chi connectivity index (χ2n) is 4.26. The summed E-state index contributed by atoms with van der Waals surface area (Å²) in [5.41, 5.74) is -0.185. The summed E-state index contributed by atoms with van der Waals surface area (Å²) >= 11 is 0. The molecule has 0 saturated heterocycles. The number of carboxylic acid groups (broad SMARTS) is 1. The van der Waals surface area contributed by atoms with Gasteiger partial charge in [-0.3, -0.25) is 4.79 Å². The molecule has 1 unspecified atom stereocenters. The van der Waals surface area contributed by atoms with Crippen molar-refractivity contribution in [3.63, 3.8) is 0 Å². The zero-order chi connectivity index (χ0) is 11.2. The molecular weight excluding hydrogens is 184 g/mol. The summed E-state index contributed by atoms with van der Waals surface area (Å²) in [6.07, 6.45) is 0.0335. The predicted molar refractivity (Wildman–Crippen MR) is 53.4 cm³/mol. The van der Waals surface area contributed by atoms with Gasteiger partial charge in [-0.05, 0) is 27.7 Å². The van der Waals surface area contributed by atoms with Gasteiger partial charge < -0.3 is 14.6 Å². The van der Waals surface area contributed by atoms with Gasteiger partial charge in [0.25, 0.3) is 0 Å². The van der Waals surface area contributed by atoms with Crippen molar-refractivity contribution < 1.29 is 19.4 Å².